The lowest BCUT2D eigenvalue weighted by molar-refractivity contribution is -0.117. The Morgan fingerprint density at radius 2 is 1.70 bits per heavy atom. The van der Waals surface area contributed by atoms with Gasteiger partial charge in [-0.3, -0.25) is 23.5 Å². The molecule has 2 N–H and O–H groups in total. The Hall–Kier alpha value is -3.94. The van der Waals surface area contributed by atoms with Crippen molar-refractivity contribution < 1.29 is 9.59 Å². The van der Waals surface area contributed by atoms with E-state index in [9.17, 15) is 19.2 Å². The molecule has 3 aromatic rings. The number of benzene rings is 2. The Balaban J connectivity index is 1.78. The van der Waals surface area contributed by atoms with Crippen molar-refractivity contribution in [3.05, 3.63) is 92.8 Å². The molecule has 0 saturated carbocycles. The van der Waals surface area contributed by atoms with Gasteiger partial charge in [-0.1, -0.05) is 36.4 Å². The first kappa shape index (κ1) is 20.8. The van der Waals surface area contributed by atoms with Crippen molar-refractivity contribution in [1.29, 1.82) is 0 Å². The summed E-state index contributed by atoms with van der Waals surface area (Å²) in [7, 11) is 0. The van der Waals surface area contributed by atoms with Crippen LogP contribution < -0.4 is 21.9 Å². The topological polar surface area (TPSA) is 102 Å². The maximum Gasteiger partial charge on any atom is 0.331 e. The van der Waals surface area contributed by atoms with Gasteiger partial charge in [-0.2, -0.15) is 0 Å². The molecule has 0 aliphatic carbocycles. The molecule has 1 aromatic heterocycles. The van der Waals surface area contributed by atoms with Gasteiger partial charge in [-0.05, 0) is 30.2 Å². The second kappa shape index (κ2) is 9.04. The van der Waals surface area contributed by atoms with E-state index in [4.69, 9.17) is 0 Å². The highest BCUT2D eigenvalue weighted by atomic mass is 16.2. The number of amides is 2. The van der Waals surface area contributed by atoms with Crippen molar-refractivity contribution in [3.63, 3.8) is 0 Å². The van der Waals surface area contributed by atoms with E-state index in [1.165, 1.54) is 23.8 Å². The molecule has 8 heteroatoms. The molecule has 0 aliphatic rings. The summed E-state index contributed by atoms with van der Waals surface area (Å²) in [6.45, 7) is 3.10. The van der Waals surface area contributed by atoms with E-state index in [0.717, 1.165) is 15.7 Å². The van der Waals surface area contributed by atoms with Gasteiger partial charge in [0, 0.05) is 30.6 Å². The number of hydrogen-bond donors (Lipinski definition) is 2. The molecule has 0 fully saturated rings. The molecule has 0 unspecified atom stereocenters. The molecule has 2 aromatic carbocycles. The minimum absolute atomic E-state index is 0.226. The maximum atomic E-state index is 12.7. The summed E-state index contributed by atoms with van der Waals surface area (Å²) in [5.74, 6) is -0.749. The Kier molecular flexibility index (Phi) is 6.26. The van der Waals surface area contributed by atoms with Crippen molar-refractivity contribution >= 4 is 23.2 Å². The fourth-order valence-electron chi connectivity index (χ4n) is 2.97. The van der Waals surface area contributed by atoms with Gasteiger partial charge in [0.25, 0.3) is 5.56 Å². The monoisotopic (exact) mass is 406 g/mol. The largest absolute Gasteiger partial charge is 0.331 e. The lowest BCUT2D eigenvalue weighted by Crippen LogP contribution is -2.41. The number of nitrogens with one attached hydrogen (secondary N) is 2. The quantitative estimate of drug-likeness (QED) is 0.653. The second-order valence-electron chi connectivity index (χ2n) is 6.90. The average Bonchev–Trinajstić information content (AvgIpc) is 2.70. The summed E-state index contributed by atoms with van der Waals surface area (Å²) in [5.41, 5.74) is 1.64. The van der Waals surface area contributed by atoms with Crippen LogP contribution in [0.1, 0.15) is 18.1 Å². The van der Waals surface area contributed by atoms with Crippen LogP contribution in [-0.4, -0.2) is 20.9 Å². The van der Waals surface area contributed by atoms with Crippen molar-refractivity contribution in [2.45, 2.75) is 26.9 Å². The molecule has 0 aliphatic heterocycles. The maximum absolute atomic E-state index is 12.7. The Morgan fingerprint density at radius 1 is 0.967 bits per heavy atom. The summed E-state index contributed by atoms with van der Waals surface area (Å²) in [6.07, 6.45) is 1.42. The molecule has 0 bridgehead atoms. The van der Waals surface area contributed by atoms with E-state index in [1.807, 2.05) is 37.3 Å². The highest BCUT2D eigenvalue weighted by Crippen LogP contribution is 2.20. The number of aryl methyl sites for hydroxylation is 1. The van der Waals surface area contributed by atoms with Gasteiger partial charge >= 0.3 is 5.69 Å². The molecule has 1 heterocycles. The Bertz CT molecular complexity index is 1200. The third kappa shape index (κ3) is 5.11. The zero-order valence-corrected chi connectivity index (χ0v) is 16.7. The zero-order valence-electron chi connectivity index (χ0n) is 16.7. The summed E-state index contributed by atoms with van der Waals surface area (Å²) in [5, 5.41) is 5.34. The Labute approximate surface area is 172 Å². The number of carbonyl (C=O) groups excluding carboxylic acids is 2. The third-order valence-corrected chi connectivity index (χ3v) is 4.47. The van der Waals surface area contributed by atoms with Crippen LogP contribution in [-0.2, 0) is 22.7 Å². The second-order valence-corrected chi connectivity index (χ2v) is 6.90. The molecule has 30 heavy (non-hydrogen) atoms. The molecule has 2 amide bonds. The van der Waals surface area contributed by atoms with Crippen LogP contribution in [0, 0.1) is 6.92 Å². The Morgan fingerprint density at radius 3 is 2.40 bits per heavy atom. The molecule has 0 saturated heterocycles. The third-order valence-electron chi connectivity index (χ3n) is 4.47. The molecule has 154 valence electrons. The van der Waals surface area contributed by atoms with Crippen LogP contribution in [0.25, 0.3) is 0 Å². The number of nitrogens with zero attached hydrogens (tertiary/aromatic N) is 2. The van der Waals surface area contributed by atoms with E-state index in [0.29, 0.717) is 17.9 Å². The molecule has 0 atom stereocenters. The van der Waals surface area contributed by atoms with Crippen LogP contribution >= 0.6 is 0 Å². The summed E-state index contributed by atoms with van der Waals surface area (Å²) < 4.78 is 2.27. The molecule has 0 radical (unpaired) electrons. The number of rotatable bonds is 6. The zero-order chi connectivity index (χ0) is 21.7. The number of carbonyl (C=O) groups is 2. The van der Waals surface area contributed by atoms with Gasteiger partial charge in [0.1, 0.15) is 6.54 Å². The molecule has 3 rings (SSSR count). The number of hydrogen-bond acceptors (Lipinski definition) is 4. The highest BCUT2D eigenvalue weighted by molar-refractivity contribution is 5.93. The summed E-state index contributed by atoms with van der Waals surface area (Å²) in [4.78, 5) is 48.6. The molecular weight excluding hydrogens is 384 g/mol. The number of anilines is 2. The van der Waals surface area contributed by atoms with Crippen molar-refractivity contribution in [1.82, 2.24) is 9.13 Å². The van der Waals surface area contributed by atoms with Crippen molar-refractivity contribution in [3.8, 4) is 0 Å². The predicted octanol–water partition coefficient (Wildman–Crippen LogP) is 1.96. The van der Waals surface area contributed by atoms with E-state index < -0.39 is 23.7 Å². The van der Waals surface area contributed by atoms with E-state index in [1.54, 1.807) is 18.2 Å². The van der Waals surface area contributed by atoms with E-state index in [2.05, 4.69) is 10.6 Å². The SMILES string of the molecule is CC(=O)Nc1cc(NC(=O)Cn2c(=O)ccn(Cc3ccccc3)c2=O)ccc1C. The standard InChI is InChI=1S/C22H22N4O4/c1-15-8-9-18(12-19(15)23-16(2)27)24-20(28)14-26-21(29)10-11-25(22(26)30)13-17-6-4-3-5-7-17/h3-12H,13-14H2,1-2H3,(H,23,27)(H,24,28). The fourth-order valence-corrected chi connectivity index (χ4v) is 2.97. The summed E-state index contributed by atoms with van der Waals surface area (Å²) >= 11 is 0. The van der Waals surface area contributed by atoms with Gasteiger partial charge in [-0.15, -0.1) is 0 Å². The molecular formula is C22H22N4O4. The van der Waals surface area contributed by atoms with Crippen molar-refractivity contribution in [2.75, 3.05) is 10.6 Å². The molecule has 0 spiro atoms. The van der Waals surface area contributed by atoms with E-state index >= 15 is 0 Å². The average molecular weight is 406 g/mol. The lowest BCUT2D eigenvalue weighted by atomic mass is 10.1. The number of aromatic nitrogens is 2. The first-order valence-electron chi connectivity index (χ1n) is 9.36. The predicted molar refractivity (Wildman–Crippen MR) is 115 cm³/mol. The van der Waals surface area contributed by atoms with Crippen LogP contribution in [0.15, 0.2) is 70.4 Å². The smallest absolute Gasteiger partial charge is 0.326 e. The van der Waals surface area contributed by atoms with Gasteiger partial charge in [0.2, 0.25) is 11.8 Å². The normalized spacial score (nSPS) is 10.5. The lowest BCUT2D eigenvalue weighted by Gasteiger charge is -2.12. The minimum Gasteiger partial charge on any atom is -0.326 e. The van der Waals surface area contributed by atoms with Crippen LogP contribution in [0.2, 0.25) is 0 Å². The van der Waals surface area contributed by atoms with Crippen LogP contribution in [0.3, 0.4) is 0 Å². The van der Waals surface area contributed by atoms with Crippen molar-refractivity contribution in [2.24, 2.45) is 0 Å². The summed E-state index contributed by atoms with van der Waals surface area (Å²) in [6, 6.07) is 15.7. The minimum atomic E-state index is -0.565. The van der Waals surface area contributed by atoms with Crippen LogP contribution in [0.4, 0.5) is 11.4 Å². The van der Waals surface area contributed by atoms with Gasteiger partial charge in [-0.25, -0.2) is 4.79 Å². The van der Waals surface area contributed by atoms with Gasteiger partial charge < -0.3 is 10.6 Å². The molecule has 8 nitrogen and oxygen atoms in total. The van der Waals surface area contributed by atoms with Crippen LogP contribution in [0.5, 0.6) is 0 Å². The first-order chi connectivity index (χ1) is 14.3. The first-order valence-corrected chi connectivity index (χ1v) is 9.36. The van der Waals surface area contributed by atoms with Gasteiger partial charge in [0.05, 0.1) is 6.54 Å². The van der Waals surface area contributed by atoms with Gasteiger partial charge in [0.15, 0.2) is 0 Å². The highest BCUT2D eigenvalue weighted by Gasteiger charge is 2.11. The van der Waals surface area contributed by atoms with E-state index in [-0.39, 0.29) is 5.91 Å². The fraction of sp³-hybridized carbons (Fsp3) is 0.182.